The minimum Gasteiger partial charge on any atom is -0.431 e. The minimum absolute atomic E-state index is 0.312. The lowest BCUT2D eigenvalue weighted by atomic mass is 10.1. The molecule has 0 rings (SSSR count). The van der Waals surface area contributed by atoms with Crippen LogP contribution in [0.2, 0.25) is 0 Å². The molecule has 0 bridgehead atoms. The summed E-state index contributed by atoms with van der Waals surface area (Å²) < 4.78 is 5.16. The highest BCUT2D eigenvalue weighted by molar-refractivity contribution is 5.67. The van der Waals surface area contributed by atoms with Gasteiger partial charge in [-0.25, -0.2) is 4.79 Å². The van der Waals surface area contributed by atoms with Gasteiger partial charge in [0, 0.05) is 19.4 Å². The van der Waals surface area contributed by atoms with Gasteiger partial charge >= 0.3 is 5.97 Å². The zero-order valence-corrected chi connectivity index (χ0v) is 14.4. The summed E-state index contributed by atoms with van der Waals surface area (Å²) >= 11 is 0. The average molecular weight is 321 g/mol. The van der Waals surface area contributed by atoms with Crippen LogP contribution >= 0.6 is 0 Å². The molecule has 0 heterocycles. The second-order valence-electron chi connectivity index (χ2n) is 5.62. The van der Waals surface area contributed by atoms with E-state index < -0.39 is 0 Å². The molecule has 4 heteroatoms. The van der Waals surface area contributed by atoms with E-state index in [-0.39, 0.29) is 5.97 Å². The fraction of sp³-hybridized carbons (Fsp3) is 0.632. The molecule has 4 nitrogen and oxygen atoms in total. The maximum absolute atomic E-state index is 11.1. The molecule has 0 fully saturated rings. The predicted molar refractivity (Wildman–Crippen MR) is 94.5 cm³/mol. The Hall–Kier alpha value is -1.64. The zero-order valence-electron chi connectivity index (χ0n) is 14.4. The van der Waals surface area contributed by atoms with E-state index in [1.807, 2.05) is 0 Å². The molecule has 0 aliphatic heterocycles. The second kappa shape index (κ2) is 16.7. The molecule has 23 heavy (non-hydrogen) atoms. The molecule has 0 saturated heterocycles. The van der Waals surface area contributed by atoms with Gasteiger partial charge in [-0.3, -0.25) is 4.79 Å². The summed E-state index contributed by atoms with van der Waals surface area (Å²) in [7, 11) is 0. The third-order valence-corrected chi connectivity index (χ3v) is 3.46. The first kappa shape index (κ1) is 21.4. The summed E-state index contributed by atoms with van der Waals surface area (Å²) in [6, 6.07) is 0. The number of carbonyl (C=O) groups excluding carboxylic acids is 2. The number of rotatable bonds is 14. The molecule has 0 atom stereocenters. The standard InChI is InChI=1S/C19H31NO3/c1-18(22)23-19(15-11-9-13-17-21)14-10-7-5-3-2-4-6-8-12-16-20/h9,11,13,15H,2-8,10,12,14,16,20H2,1H3/b11-9-,19-15+. The highest BCUT2D eigenvalue weighted by atomic mass is 16.5. The second-order valence-corrected chi connectivity index (χ2v) is 5.62. The molecule has 130 valence electrons. The maximum atomic E-state index is 11.1. The first-order valence-electron chi connectivity index (χ1n) is 8.66. The Kier molecular flexibility index (Phi) is 15.5. The van der Waals surface area contributed by atoms with Crippen molar-refractivity contribution in [1.82, 2.24) is 0 Å². The van der Waals surface area contributed by atoms with Crippen LogP contribution in [0.3, 0.4) is 0 Å². The van der Waals surface area contributed by atoms with Gasteiger partial charge in [0.05, 0.1) is 0 Å². The van der Waals surface area contributed by atoms with Crippen molar-refractivity contribution in [3.63, 3.8) is 0 Å². The van der Waals surface area contributed by atoms with Crippen LogP contribution in [-0.4, -0.2) is 18.5 Å². The van der Waals surface area contributed by atoms with E-state index in [4.69, 9.17) is 10.5 Å². The van der Waals surface area contributed by atoms with E-state index in [9.17, 15) is 9.59 Å². The fourth-order valence-corrected chi connectivity index (χ4v) is 2.29. The summed E-state index contributed by atoms with van der Waals surface area (Å²) in [4.78, 5) is 21.1. The third kappa shape index (κ3) is 16.6. The number of unbranched alkanes of at least 4 members (excludes halogenated alkanes) is 8. The number of hydrogen-bond acceptors (Lipinski definition) is 4. The van der Waals surface area contributed by atoms with Gasteiger partial charge < -0.3 is 10.5 Å². The first-order valence-corrected chi connectivity index (χ1v) is 8.66. The third-order valence-electron chi connectivity index (χ3n) is 3.46. The summed E-state index contributed by atoms with van der Waals surface area (Å²) in [5.74, 6) is 2.00. The molecule has 0 saturated carbocycles. The largest absolute Gasteiger partial charge is 0.431 e. The quantitative estimate of drug-likeness (QED) is 0.171. The van der Waals surface area contributed by atoms with E-state index in [2.05, 4.69) is 0 Å². The number of esters is 1. The van der Waals surface area contributed by atoms with Crippen molar-refractivity contribution < 1.29 is 14.3 Å². The Labute approximate surface area is 140 Å². The summed E-state index contributed by atoms with van der Waals surface area (Å²) in [6.45, 7) is 2.20. The molecule has 0 aliphatic rings. The van der Waals surface area contributed by atoms with Crippen molar-refractivity contribution in [2.24, 2.45) is 5.73 Å². The van der Waals surface area contributed by atoms with Gasteiger partial charge in [0.25, 0.3) is 0 Å². The lowest BCUT2D eigenvalue weighted by molar-refractivity contribution is -0.137. The Morgan fingerprint density at radius 1 is 0.957 bits per heavy atom. The molecular formula is C19H31NO3. The van der Waals surface area contributed by atoms with Crippen LogP contribution in [0.5, 0.6) is 0 Å². The molecule has 0 amide bonds. The number of nitrogens with two attached hydrogens (primary N) is 1. The molecule has 0 aliphatic carbocycles. The van der Waals surface area contributed by atoms with Crippen LogP contribution in [0.25, 0.3) is 0 Å². The van der Waals surface area contributed by atoms with Gasteiger partial charge in [0.2, 0.25) is 0 Å². The molecule has 0 aromatic carbocycles. The SMILES string of the molecule is CC(=O)O/C(=C/C=C\C=C=O)CCCCCCCCCCCN. The monoisotopic (exact) mass is 321 g/mol. The lowest BCUT2D eigenvalue weighted by Gasteiger charge is -2.06. The smallest absolute Gasteiger partial charge is 0.307 e. The number of carbonyl (C=O) groups is 1. The number of ether oxygens (including phenoxy) is 1. The van der Waals surface area contributed by atoms with Gasteiger partial charge in [-0.15, -0.1) is 0 Å². The molecule has 0 spiro atoms. The van der Waals surface area contributed by atoms with Gasteiger partial charge in [-0.05, 0) is 25.5 Å². The van der Waals surface area contributed by atoms with Crippen LogP contribution < -0.4 is 5.73 Å². The predicted octanol–water partition coefficient (Wildman–Crippen LogP) is 4.24. The topological polar surface area (TPSA) is 69.4 Å². The van der Waals surface area contributed by atoms with E-state index in [0.717, 1.165) is 32.2 Å². The van der Waals surface area contributed by atoms with Crippen molar-refractivity contribution in [1.29, 1.82) is 0 Å². The molecule has 0 aromatic rings. The average Bonchev–Trinajstić information content (AvgIpc) is 2.52. The van der Waals surface area contributed by atoms with Gasteiger partial charge in [0.15, 0.2) is 0 Å². The van der Waals surface area contributed by atoms with Crippen molar-refractivity contribution in [3.05, 3.63) is 30.1 Å². The van der Waals surface area contributed by atoms with Crippen molar-refractivity contribution in [2.45, 2.75) is 71.1 Å². The van der Waals surface area contributed by atoms with E-state index in [1.54, 1.807) is 24.2 Å². The highest BCUT2D eigenvalue weighted by Gasteiger charge is 2.01. The zero-order chi connectivity index (χ0) is 17.2. The first-order chi connectivity index (χ1) is 11.2. The highest BCUT2D eigenvalue weighted by Crippen LogP contribution is 2.14. The maximum Gasteiger partial charge on any atom is 0.307 e. The Morgan fingerprint density at radius 3 is 2.04 bits per heavy atom. The molecule has 2 N–H and O–H groups in total. The van der Waals surface area contributed by atoms with Crippen LogP contribution in [0, 0.1) is 0 Å². The van der Waals surface area contributed by atoms with E-state index >= 15 is 0 Å². The van der Waals surface area contributed by atoms with E-state index in [1.165, 1.54) is 51.5 Å². The Morgan fingerprint density at radius 2 is 1.52 bits per heavy atom. The van der Waals surface area contributed by atoms with Crippen molar-refractivity contribution in [3.8, 4) is 0 Å². The summed E-state index contributed by atoms with van der Waals surface area (Å²) in [5.41, 5.74) is 5.47. The molecule has 0 unspecified atom stereocenters. The number of hydrogen-bond donors (Lipinski definition) is 1. The fourth-order valence-electron chi connectivity index (χ4n) is 2.29. The molecule has 0 radical (unpaired) electrons. The van der Waals surface area contributed by atoms with Gasteiger partial charge in [-0.1, -0.05) is 57.1 Å². The normalized spacial score (nSPS) is 11.5. The van der Waals surface area contributed by atoms with Crippen LogP contribution in [0.1, 0.15) is 71.1 Å². The van der Waals surface area contributed by atoms with Crippen molar-refractivity contribution in [2.75, 3.05) is 6.54 Å². The lowest BCUT2D eigenvalue weighted by Crippen LogP contribution is -1.99. The summed E-state index contributed by atoms with van der Waals surface area (Å²) in [5, 5.41) is 0. The minimum atomic E-state index is -0.312. The van der Waals surface area contributed by atoms with Crippen molar-refractivity contribution >= 4 is 11.9 Å². The molecule has 0 aromatic heterocycles. The van der Waals surface area contributed by atoms with Crippen LogP contribution in [-0.2, 0) is 14.3 Å². The Balaban J connectivity index is 3.78. The van der Waals surface area contributed by atoms with E-state index in [0.29, 0.717) is 5.76 Å². The van der Waals surface area contributed by atoms with Gasteiger partial charge in [0.1, 0.15) is 11.7 Å². The van der Waals surface area contributed by atoms with Crippen LogP contribution in [0.4, 0.5) is 0 Å². The summed E-state index contributed by atoms with van der Waals surface area (Å²) in [6.07, 6.45) is 17.9. The molecular weight excluding hydrogens is 290 g/mol. The number of allylic oxidation sites excluding steroid dienone is 5. The van der Waals surface area contributed by atoms with Crippen LogP contribution in [0.15, 0.2) is 30.1 Å². The van der Waals surface area contributed by atoms with Gasteiger partial charge in [-0.2, -0.15) is 0 Å². The Bertz CT molecular complexity index is 407.